The van der Waals surface area contributed by atoms with Crippen molar-refractivity contribution in [1.82, 2.24) is 5.32 Å². The molecule has 306 valence electrons. The second-order valence-corrected chi connectivity index (χ2v) is 15.1. The molecule has 1 N–H and O–H groups in total. The van der Waals surface area contributed by atoms with Gasteiger partial charge < -0.3 is 24.3 Å². The lowest BCUT2D eigenvalue weighted by molar-refractivity contribution is -0.143. The standard InChI is InChI=1S/C45H85NO6/c1-5-7-9-11-19-27-33-39-51-43(47)35-29-23-17-13-15-21-25-31-37-49-41-45(3,46-4)42-50-38-32-26-22-16-14-18-24-30-36-44(48)52-40-34-28-20-12-10-8-6-2/h27-28,33-34,46H,5-26,29-32,35-42H2,1-4H3/b33-27-,34-28-. The van der Waals surface area contributed by atoms with Crippen LogP contribution in [0.1, 0.15) is 201 Å². The van der Waals surface area contributed by atoms with Crippen molar-refractivity contribution >= 4 is 11.9 Å². The summed E-state index contributed by atoms with van der Waals surface area (Å²) in [5.74, 6) is -0.128. The van der Waals surface area contributed by atoms with Crippen LogP contribution in [0, 0.1) is 0 Å². The highest BCUT2D eigenvalue weighted by atomic mass is 16.5. The van der Waals surface area contributed by atoms with Crippen molar-refractivity contribution in [3.05, 3.63) is 24.3 Å². The van der Waals surface area contributed by atoms with Crippen LogP contribution in [0.2, 0.25) is 0 Å². The van der Waals surface area contributed by atoms with Crippen molar-refractivity contribution in [2.24, 2.45) is 0 Å². The molecule has 0 unspecified atom stereocenters. The van der Waals surface area contributed by atoms with Crippen LogP contribution >= 0.6 is 0 Å². The average molecular weight is 736 g/mol. The molecule has 7 nitrogen and oxygen atoms in total. The number of hydrogen-bond acceptors (Lipinski definition) is 7. The highest BCUT2D eigenvalue weighted by Crippen LogP contribution is 2.13. The van der Waals surface area contributed by atoms with Crippen LogP contribution in [0.15, 0.2) is 24.3 Å². The molecule has 0 amide bonds. The van der Waals surface area contributed by atoms with Crippen LogP contribution in [0.3, 0.4) is 0 Å². The molecule has 7 heteroatoms. The molecule has 0 aliphatic carbocycles. The van der Waals surface area contributed by atoms with Gasteiger partial charge in [-0.1, -0.05) is 154 Å². The highest BCUT2D eigenvalue weighted by molar-refractivity contribution is 5.69. The summed E-state index contributed by atoms with van der Waals surface area (Å²) in [6, 6.07) is 0. The lowest BCUT2D eigenvalue weighted by atomic mass is 10.1. The van der Waals surface area contributed by atoms with Crippen molar-refractivity contribution in [3.8, 4) is 0 Å². The second-order valence-electron chi connectivity index (χ2n) is 15.1. The summed E-state index contributed by atoms with van der Waals surface area (Å²) in [4.78, 5) is 23.7. The minimum atomic E-state index is -0.159. The second kappa shape index (κ2) is 40.5. The normalized spacial score (nSPS) is 12.0. The van der Waals surface area contributed by atoms with Gasteiger partial charge in [0.25, 0.3) is 0 Å². The van der Waals surface area contributed by atoms with E-state index in [2.05, 4.69) is 38.2 Å². The first kappa shape index (κ1) is 50.3. The summed E-state index contributed by atoms with van der Waals surface area (Å²) in [5, 5.41) is 3.39. The van der Waals surface area contributed by atoms with Gasteiger partial charge in [-0.15, -0.1) is 0 Å². The first-order valence-corrected chi connectivity index (χ1v) is 21.9. The van der Waals surface area contributed by atoms with Crippen molar-refractivity contribution in [3.63, 3.8) is 0 Å². The fourth-order valence-electron chi connectivity index (χ4n) is 6.03. The zero-order chi connectivity index (χ0) is 38.1. The maximum absolute atomic E-state index is 11.9. The van der Waals surface area contributed by atoms with E-state index < -0.39 is 0 Å². The molecule has 0 fully saturated rings. The van der Waals surface area contributed by atoms with Gasteiger partial charge >= 0.3 is 11.9 Å². The number of ether oxygens (including phenoxy) is 4. The van der Waals surface area contributed by atoms with Gasteiger partial charge in [-0.25, -0.2) is 0 Å². The molecule has 0 bridgehead atoms. The van der Waals surface area contributed by atoms with Crippen molar-refractivity contribution < 1.29 is 28.5 Å². The van der Waals surface area contributed by atoms with Gasteiger partial charge in [0.05, 0.1) is 18.8 Å². The number of unbranched alkanes of at least 4 members (excludes halogenated alkanes) is 22. The number of allylic oxidation sites excluding steroid dienone is 2. The fraction of sp³-hybridized carbons (Fsp3) is 0.867. The average Bonchev–Trinajstić information content (AvgIpc) is 3.14. The predicted octanol–water partition coefficient (Wildman–Crippen LogP) is 12.2. The third-order valence-corrected chi connectivity index (χ3v) is 9.75. The Morgan fingerprint density at radius 2 is 0.827 bits per heavy atom. The zero-order valence-electron chi connectivity index (χ0n) is 34.8. The molecule has 0 atom stereocenters. The molecule has 0 rings (SSSR count). The Hall–Kier alpha value is -1.70. The van der Waals surface area contributed by atoms with Crippen LogP contribution < -0.4 is 5.32 Å². The Morgan fingerprint density at radius 1 is 0.481 bits per heavy atom. The van der Waals surface area contributed by atoms with Gasteiger partial charge in [0.15, 0.2) is 0 Å². The summed E-state index contributed by atoms with van der Waals surface area (Å²) in [7, 11) is 1.99. The van der Waals surface area contributed by atoms with E-state index in [0.717, 1.165) is 64.6 Å². The quantitative estimate of drug-likeness (QED) is 0.0380. The Balaban J connectivity index is 3.50. The summed E-state index contributed by atoms with van der Waals surface area (Å²) < 4.78 is 22.6. The molecule has 0 aliphatic heterocycles. The molecule has 0 saturated carbocycles. The molecule has 0 aromatic rings. The maximum atomic E-state index is 11.9. The lowest BCUT2D eigenvalue weighted by Gasteiger charge is -2.28. The maximum Gasteiger partial charge on any atom is 0.306 e. The van der Waals surface area contributed by atoms with Gasteiger partial charge in [0, 0.05) is 26.1 Å². The van der Waals surface area contributed by atoms with E-state index in [4.69, 9.17) is 18.9 Å². The fourth-order valence-corrected chi connectivity index (χ4v) is 6.03. The summed E-state index contributed by atoms with van der Waals surface area (Å²) in [6.07, 6.45) is 40.2. The highest BCUT2D eigenvalue weighted by Gasteiger charge is 2.22. The van der Waals surface area contributed by atoms with E-state index in [1.54, 1.807) is 0 Å². The molecular weight excluding hydrogens is 650 g/mol. The number of hydrogen-bond donors (Lipinski definition) is 1. The largest absolute Gasteiger partial charge is 0.461 e. The zero-order valence-corrected chi connectivity index (χ0v) is 34.8. The van der Waals surface area contributed by atoms with E-state index in [-0.39, 0.29) is 17.5 Å². The predicted molar refractivity (Wildman–Crippen MR) is 220 cm³/mol. The van der Waals surface area contributed by atoms with Crippen LogP contribution in [0.5, 0.6) is 0 Å². The first-order valence-electron chi connectivity index (χ1n) is 21.9. The number of carbonyl (C=O) groups is 2. The van der Waals surface area contributed by atoms with E-state index in [9.17, 15) is 9.59 Å². The summed E-state index contributed by atoms with van der Waals surface area (Å²) >= 11 is 0. The van der Waals surface area contributed by atoms with E-state index in [1.807, 2.05) is 19.2 Å². The van der Waals surface area contributed by atoms with Crippen LogP contribution in [-0.4, -0.2) is 64.2 Å². The lowest BCUT2D eigenvalue weighted by Crippen LogP contribution is -2.48. The Kier molecular flexibility index (Phi) is 39.2. The Morgan fingerprint density at radius 3 is 1.19 bits per heavy atom. The summed E-state index contributed by atoms with van der Waals surface area (Å²) in [5.41, 5.74) is -0.159. The van der Waals surface area contributed by atoms with Crippen LogP contribution in [-0.2, 0) is 28.5 Å². The minimum absolute atomic E-state index is 0.0639. The van der Waals surface area contributed by atoms with Crippen molar-refractivity contribution in [1.29, 1.82) is 0 Å². The van der Waals surface area contributed by atoms with Gasteiger partial charge in [0.1, 0.15) is 13.2 Å². The van der Waals surface area contributed by atoms with Crippen LogP contribution in [0.25, 0.3) is 0 Å². The molecule has 0 aromatic carbocycles. The van der Waals surface area contributed by atoms with Gasteiger partial charge in [-0.05, 0) is 65.3 Å². The van der Waals surface area contributed by atoms with E-state index >= 15 is 0 Å². The molecule has 0 heterocycles. The Labute approximate surface area is 322 Å². The smallest absolute Gasteiger partial charge is 0.306 e. The third-order valence-electron chi connectivity index (χ3n) is 9.75. The number of rotatable bonds is 41. The number of carbonyl (C=O) groups excluding carboxylic acids is 2. The summed E-state index contributed by atoms with van der Waals surface area (Å²) in [6.45, 7) is 10.4. The molecule has 0 aliphatic rings. The Bertz CT molecular complexity index is 767. The monoisotopic (exact) mass is 736 g/mol. The molecule has 0 radical (unpaired) electrons. The van der Waals surface area contributed by atoms with Gasteiger partial charge in [-0.3, -0.25) is 9.59 Å². The molecule has 0 saturated heterocycles. The number of likely N-dealkylation sites (N-methyl/N-ethyl adjacent to an activating group) is 1. The molecular formula is C45H85NO6. The van der Waals surface area contributed by atoms with E-state index in [1.165, 1.54) is 116 Å². The van der Waals surface area contributed by atoms with Gasteiger partial charge in [0.2, 0.25) is 0 Å². The SMILES string of the molecule is CCCCCC/C=C\COC(=O)CCCCCCCCCCOCC(C)(COCCCCCCCCCCC(=O)OC/C=C\CCCCCC)NC. The van der Waals surface area contributed by atoms with Gasteiger partial charge in [-0.2, -0.15) is 0 Å². The molecule has 0 aromatic heterocycles. The van der Waals surface area contributed by atoms with Crippen LogP contribution in [0.4, 0.5) is 0 Å². The minimum Gasteiger partial charge on any atom is -0.461 e. The third kappa shape index (κ3) is 38.0. The molecule has 52 heavy (non-hydrogen) atoms. The number of nitrogens with one attached hydrogen (secondary N) is 1. The number of esters is 2. The topological polar surface area (TPSA) is 83.1 Å². The molecule has 0 spiro atoms. The van der Waals surface area contributed by atoms with E-state index in [0.29, 0.717) is 39.3 Å². The first-order chi connectivity index (χ1) is 25.5. The van der Waals surface area contributed by atoms with Crippen molar-refractivity contribution in [2.45, 2.75) is 206 Å². The van der Waals surface area contributed by atoms with Crippen molar-refractivity contribution in [2.75, 3.05) is 46.7 Å².